The zero-order chi connectivity index (χ0) is 13.7. The van der Waals surface area contributed by atoms with Crippen LogP contribution in [0.1, 0.15) is 25.3 Å². The van der Waals surface area contributed by atoms with Crippen molar-refractivity contribution in [2.24, 2.45) is 0 Å². The molecular weight excluding hydrogens is 246 g/mol. The molecular formula is C16H18F2O. The summed E-state index contributed by atoms with van der Waals surface area (Å²) in [5, 5.41) is 0. The highest BCUT2D eigenvalue weighted by Gasteiger charge is 2.39. The van der Waals surface area contributed by atoms with Crippen molar-refractivity contribution < 1.29 is 13.5 Å². The second-order valence-electron chi connectivity index (χ2n) is 4.67. The van der Waals surface area contributed by atoms with E-state index in [1.807, 2.05) is 43.3 Å². The highest BCUT2D eigenvalue weighted by Crippen LogP contribution is 2.34. The van der Waals surface area contributed by atoms with Gasteiger partial charge in [0, 0.05) is 13.0 Å². The average molecular weight is 264 g/mol. The maximum atomic E-state index is 13.2. The average Bonchev–Trinajstić information content (AvgIpc) is 2.46. The van der Waals surface area contributed by atoms with Gasteiger partial charge in [0.25, 0.3) is 6.43 Å². The Labute approximate surface area is 112 Å². The Hall–Kier alpha value is -1.48. The van der Waals surface area contributed by atoms with Gasteiger partial charge < -0.3 is 4.74 Å². The van der Waals surface area contributed by atoms with Crippen molar-refractivity contribution in [1.82, 2.24) is 0 Å². The Morgan fingerprint density at radius 1 is 1.26 bits per heavy atom. The highest BCUT2D eigenvalue weighted by atomic mass is 19.3. The van der Waals surface area contributed by atoms with Gasteiger partial charge in [0.2, 0.25) is 0 Å². The Bertz CT molecular complexity index is 465. The summed E-state index contributed by atoms with van der Waals surface area (Å²) in [6.45, 7) is 2.26. The van der Waals surface area contributed by atoms with Crippen molar-refractivity contribution in [3.63, 3.8) is 0 Å². The molecule has 0 aliphatic heterocycles. The fourth-order valence-corrected chi connectivity index (χ4v) is 2.11. The van der Waals surface area contributed by atoms with Gasteiger partial charge in [-0.2, -0.15) is 0 Å². The maximum absolute atomic E-state index is 13.2. The molecule has 1 unspecified atom stereocenters. The molecule has 0 heterocycles. The maximum Gasteiger partial charge on any atom is 0.270 e. The van der Waals surface area contributed by atoms with E-state index in [0.29, 0.717) is 6.61 Å². The lowest BCUT2D eigenvalue weighted by Crippen LogP contribution is -2.39. The molecule has 1 atom stereocenters. The molecule has 0 fully saturated rings. The second-order valence-corrected chi connectivity index (χ2v) is 4.67. The normalized spacial score (nSPS) is 22.6. The van der Waals surface area contributed by atoms with Gasteiger partial charge in [0.15, 0.2) is 5.60 Å². The molecule has 0 bridgehead atoms. The van der Waals surface area contributed by atoms with Gasteiger partial charge in [-0.05, 0) is 23.6 Å². The summed E-state index contributed by atoms with van der Waals surface area (Å²) in [5.41, 5.74) is 0.558. The number of hydrogen-bond acceptors (Lipinski definition) is 1. The number of benzene rings is 1. The van der Waals surface area contributed by atoms with E-state index in [1.165, 1.54) is 6.08 Å². The molecule has 1 aliphatic carbocycles. The van der Waals surface area contributed by atoms with Gasteiger partial charge in [-0.3, -0.25) is 0 Å². The number of allylic oxidation sites excluding steroid dienone is 2. The lowest BCUT2D eigenvalue weighted by molar-refractivity contribution is -0.108. The Morgan fingerprint density at radius 2 is 2.00 bits per heavy atom. The van der Waals surface area contributed by atoms with E-state index >= 15 is 0 Å². The minimum absolute atomic E-state index is 0.214. The van der Waals surface area contributed by atoms with Gasteiger partial charge in [-0.25, -0.2) is 8.78 Å². The Kier molecular flexibility index (Phi) is 4.48. The molecule has 0 radical (unpaired) electrons. The summed E-state index contributed by atoms with van der Waals surface area (Å²) in [6.07, 6.45) is 3.51. The fourth-order valence-electron chi connectivity index (χ4n) is 2.11. The van der Waals surface area contributed by atoms with Crippen LogP contribution < -0.4 is 0 Å². The lowest BCUT2D eigenvalue weighted by atomic mass is 9.89. The van der Waals surface area contributed by atoms with Crippen molar-refractivity contribution in [2.75, 3.05) is 6.61 Å². The molecule has 1 aromatic rings. The zero-order valence-electron chi connectivity index (χ0n) is 11.0. The number of halogens is 2. The number of ether oxygens (including phenoxy) is 1. The van der Waals surface area contributed by atoms with Crippen LogP contribution in [0.3, 0.4) is 0 Å². The van der Waals surface area contributed by atoms with Crippen molar-refractivity contribution in [2.45, 2.75) is 31.8 Å². The summed E-state index contributed by atoms with van der Waals surface area (Å²) in [6, 6.07) is 9.75. The molecule has 1 nitrogen and oxygen atoms in total. The van der Waals surface area contributed by atoms with E-state index in [-0.39, 0.29) is 6.42 Å². The van der Waals surface area contributed by atoms with Crippen LogP contribution in [0.2, 0.25) is 0 Å². The summed E-state index contributed by atoms with van der Waals surface area (Å²) >= 11 is 0. The first kappa shape index (κ1) is 13.9. The second kappa shape index (κ2) is 6.11. The lowest BCUT2D eigenvalue weighted by Gasteiger charge is -2.31. The predicted octanol–water partition coefficient (Wildman–Crippen LogP) is 4.46. The monoisotopic (exact) mass is 264 g/mol. The first-order valence-electron chi connectivity index (χ1n) is 6.55. The first-order valence-corrected chi connectivity index (χ1v) is 6.55. The Morgan fingerprint density at radius 3 is 2.53 bits per heavy atom. The molecule has 0 saturated carbocycles. The van der Waals surface area contributed by atoms with E-state index < -0.39 is 12.0 Å². The third-order valence-corrected chi connectivity index (χ3v) is 3.24. The van der Waals surface area contributed by atoms with E-state index in [9.17, 15) is 8.78 Å². The molecule has 2 rings (SSSR count). The summed E-state index contributed by atoms with van der Waals surface area (Å²) in [4.78, 5) is 0. The molecule has 1 aromatic carbocycles. The minimum Gasteiger partial charge on any atom is -0.365 e. The molecule has 0 aromatic heterocycles. The van der Waals surface area contributed by atoms with E-state index in [0.717, 1.165) is 17.6 Å². The van der Waals surface area contributed by atoms with Crippen LogP contribution in [0.25, 0.3) is 5.57 Å². The number of hydrogen-bond donors (Lipinski definition) is 0. The molecule has 0 N–H and O–H groups in total. The van der Waals surface area contributed by atoms with Crippen molar-refractivity contribution in [1.29, 1.82) is 0 Å². The Balaban J connectivity index is 2.15. The summed E-state index contributed by atoms with van der Waals surface area (Å²) < 4.78 is 31.8. The number of alkyl halides is 2. The largest absolute Gasteiger partial charge is 0.365 e. The number of rotatable bonds is 5. The fraction of sp³-hybridized carbons (Fsp3) is 0.375. The van der Waals surface area contributed by atoms with E-state index in [2.05, 4.69) is 0 Å². The summed E-state index contributed by atoms with van der Waals surface area (Å²) in [5.74, 6) is 0. The van der Waals surface area contributed by atoms with Gasteiger partial charge in [-0.15, -0.1) is 0 Å². The van der Waals surface area contributed by atoms with Crippen LogP contribution >= 0.6 is 0 Å². The predicted molar refractivity (Wildman–Crippen MR) is 73.2 cm³/mol. The van der Waals surface area contributed by atoms with Crippen molar-refractivity contribution in [3.05, 3.63) is 54.1 Å². The van der Waals surface area contributed by atoms with Crippen molar-refractivity contribution >= 4 is 5.57 Å². The first-order chi connectivity index (χ1) is 9.18. The standard InChI is InChI=1S/C16H18F2O/c1-2-12-19-16(15(17)18)10-8-14(9-11-16)13-6-4-3-5-7-13/h3-10,15H,2,11-12H2,1H3. The van der Waals surface area contributed by atoms with E-state index in [4.69, 9.17) is 4.74 Å². The molecule has 0 spiro atoms. The molecule has 1 aliphatic rings. The molecule has 0 saturated heterocycles. The van der Waals surface area contributed by atoms with Crippen LogP contribution in [-0.4, -0.2) is 18.6 Å². The SMILES string of the molecule is CCCOC1(C(F)F)C=CC(c2ccccc2)=CC1. The van der Waals surface area contributed by atoms with Crippen LogP contribution in [0.15, 0.2) is 48.6 Å². The van der Waals surface area contributed by atoms with Crippen LogP contribution in [0.5, 0.6) is 0 Å². The molecule has 102 valence electrons. The van der Waals surface area contributed by atoms with Crippen LogP contribution in [0.4, 0.5) is 8.78 Å². The molecule has 3 heteroatoms. The van der Waals surface area contributed by atoms with Crippen molar-refractivity contribution in [3.8, 4) is 0 Å². The summed E-state index contributed by atoms with van der Waals surface area (Å²) in [7, 11) is 0. The quantitative estimate of drug-likeness (QED) is 0.763. The topological polar surface area (TPSA) is 9.23 Å². The minimum atomic E-state index is -2.51. The van der Waals surface area contributed by atoms with E-state index in [1.54, 1.807) is 6.08 Å². The zero-order valence-corrected chi connectivity index (χ0v) is 11.0. The molecule has 19 heavy (non-hydrogen) atoms. The van der Waals surface area contributed by atoms with Gasteiger partial charge in [0.1, 0.15) is 0 Å². The van der Waals surface area contributed by atoms with Gasteiger partial charge >= 0.3 is 0 Å². The van der Waals surface area contributed by atoms with Gasteiger partial charge in [0.05, 0.1) is 0 Å². The van der Waals surface area contributed by atoms with Gasteiger partial charge in [-0.1, -0.05) is 49.4 Å². The third-order valence-electron chi connectivity index (χ3n) is 3.24. The molecule has 0 amide bonds. The third kappa shape index (κ3) is 3.10. The van der Waals surface area contributed by atoms with Crippen LogP contribution in [-0.2, 0) is 4.74 Å². The van der Waals surface area contributed by atoms with Crippen LogP contribution in [0, 0.1) is 0 Å². The smallest absolute Gasteiger partial charge is 0.270 e. The highest BCUT2D eigenvalue weighted by molar-refractivity contribution is 5.75.